The van der Waals surface area contributed by atoms with E-state index < -0.39 is 15.9 Å². The van der Waals surface area contributed by atoms with Crippen LogP contribution in [0.4, 0.5) is 11.4 Å². The number of anilines is 2. The van der Waals surface area contributed by atoms with Crippen LogP contribution >= 0.6 is 0 Å². The number of hydrogen-bond donors (Lipinski definition) is 3. The van der Waals surface area contributed by atoms with Gasteiger partial charge in [0.1, 0.15) is 5.75 Å². The van der Waals surface area contributed by atoms with E-state index in [0.29, 0.717) is 22.8 Å². The molecule has 0 aliphatic heterocycles. The van der Waals surface area contributed by atoms with E-state index in [1.54, 1.807) is 30.3 Å². The van der Waals surface area contributed by atoms with Gasteiger partial charge in [-0.15, -0.1) is 0 Å². The summed E-state index contributed by atoms with van der Waals surface area (Å²) in [7, 11) is -3.78. The number of benzene rings is 3. The Balaban J connectivity index is 1.43. The summed E-state index contributed by atoms with van der Waals surface area (Å²) in [4.78, 5) is 21.0. The third kappa shape index (κ3) is 5.34. The first-order chi connectivity index (χ1) is 15.8. The van der Waals surface area contributed by atoms with Crippen molar-refractivity contribution in [1.82, 2.24) is 9.97 Å². The standard InChI is InChI=1S/C24H20N4O4S/c1-16-5-9-19(10-6-16)28-33(31,32)22-11-7-17(8-12-22)24(30)27-20-14-25-23(26-15-20)18-3-2-4-21(29)13-18/h2-15,28-29H,1H3,(H,27,30). The van der Waals surface area contributed by atoms with Crippen LogP contribution in [0.5, 0.6) is 5.75 Å². The van der Waals surface area contributed by atoms with Gasteiger partial charge in [-0.25, -0.2) is 18.4 Å². The Morgan fingerprint density at radius 2 is 1.55 bits per heavy atom. The second-order valence-corrected chi connectivity index (χ2v) is 8.98. The molecule has 0 saturated heterocycles. The second kappa shape index (κ2) is 9.09. The lowest BCUT2D eigenvalue weighted by molar-refractivity contribution is 0.102. The van der Waals surface area contributed by atoms with Crippen LogP contribution in [0.15, 0.2) is 90.1 Å². The topological polar surface area (TPSA) is 121 Å². The fourth-order valence-corrected chi connectivity index (χ4v) is 4.07. The summed E-state index contributed by atoms with van der Waals surface area (Å²) in [5, 5.41) is 12.2. The molecule has 166 valence electrons. The van der Waals surface area contributed by atoms with Gasteiger partial charge in [0.25, 0.3) is 15.9 Å². The first kappa shape index (κ1) is 22.0. The Morgan fingerprint density at radius 1 is 0.879 bits per heavy atom. The maximum atomic E-state index is 12.6. The molecule has 3 aromatic carbocycles. The van der Waals surface area contributed by atoms with Crippen LogP contribution in [-0.4, -0.2) is 29.4 Å². The van der Waals surface area contributed by atoms with Gasteiger partial charge in [-0.3, -0.25) is 9.52 Å². The molecule has 0 fully saturated rings. The third-order valence-electron chi connectivity index (χ3n) is 4.74. The van der Waals surface area contributed by atoms with Gasteiger partial charge in [-0.1, -0.05) is 29.8 Å². The minimum Gasteiger partial charge on any atom is -0.508 e. The number of phenols is 1. The second-order valence-electron chi connectivity index (χ2n) is 7.30. The molecule has 0 aliphatic carbocycles. The minimum atomic E-state index is -3.78. The van der Waals surface area contributed by atoms with E-state index in [-0.39, 0.29) is 16.2 Å². The molecule has 8 nitrogen and oxygen atoms in total. The molecule has 0 spiro atoms. The van der Waals surface area contributed by atoms with Gasteiger partial charge in [0.2, 0.25) is 0 Å². The van der Waals surface area contributed by atoms with Crippen LogP contribution in [0.3, 0.4) is 0 Å². The van der Waals surface area contributed by atoms with E-state index in [9.17, 15) is 18.3 Å². The van der Waals surface area contributed by atoms with Gasteiger partial charge in [-0.05, 0) is 55.5 Å². The van der Waals surface area contributed by atoms with E-state index in [1.165, 1.54) is 42.7 Å². The Hall–Kier alpha value is -4.24. The number of aryl methyl sites for hydroxylation is 1. The normalized spacial score (nSPS) is 11.1. The number of hydrogen-bond acceptors (Lipinski definition) is 6. The van der Waals surface area contributed by atoms with Crippen LogP contribution in [0.25, 0.3) is 11.4 Å². The first-order valence-corrected chi connectivity index (χ1v) is 11.4. The number of carbonyl (C=O) groups excluding carboxylic acids is 1. The number of nitrogens with one attached hydrogen (secondary N) is 2. The van der Waals surface area contributed by atoms with E-state index in [2.05, 4.69) is 20.0 Å². The van der Waals surface area contributed by atoms with E-state index in [1.807, 2.05) is 19.1 Å². The lowest BCUT2D eigenvalue weighted by Gasteiger charge is -2.09. The fourth-order valence-electron chi connectivity index (χ4n) is 3.01. The molecule has 0 aliphatic rings. The molecule has 0 radical (unpaired) electrons. The zero-order chi connectivity index (χ0) is 23.4. The summed E-state index contributed by atoms with van der Waals surface area (Å²) in [5.74, 6) is 0.0756. The molecule has 3 N–H and O–H groups in total. The lowest BCUT2D eigenvalue weighted by Crippen LogP contribution is -2.15. The Bertz CT molecular complexity index is 1390. The van der Waals surface area contributed by atoms with Gasteiger partial charge < -0.3 is 10.4 Å². The average molecular weight is 461 g/mol. The number of aromatic nitrogens is 2. The van der Waals surface area contributed by atoms with Crippen LogP contribution in [0, 0.1) is 6.92 Å². The number of rotatable bonds is 6. The van der Waals surface area contributed by atoms with Crippen LogP contribution in [0.1, 0.15) is 15.9 Å². The minimum absolute atomic E-state index is 0.0402. The summed E-state index contributed by atoms with van der Waals surface area (Å²) >= 11 is 0. The zero-order valence-corrected chi connectivity index (χ0v) is 18.4. The fraction of sp³-hybridized carbons (Fsp3) is 0.0417. The van der Waals surface area contributed by atoms with Crippen LogP contribution in [-0.2, 0) is 10.0 Å². The number of aromatic hydroxyl groups is 1. The largest absolute Gasteiger partial charge is 0.508 e. The predicted octanol–water partition coefficient (Wildman–Crippen LogP) is 4.21. The van der Waals surface area contributed by atoms with E-state index in [0.717, 1.165) is 5.56 Å². The van der Waals surface area contributed by atoms with Gasteiger partial charge >= 0.3 is 0 Å². The summed E-state index contributed by atoms with van der Waals surface area (Å²) in [6, 6.07) is 19.1. The Morgan fingerprint density at radius 3 is 2.18 bits per heavy atom. The molecule has 9 heteroatoms. The molecule has 1 heterocycles. The van der Waals surface area contributed by atoms with Gasteiger partial charge in [0, 0.05) is 16.8 Å². The Kier molecular flexibility index (Phi) is 6.05. The van der Waals surface area contributed by atoms with Crippen molar-refractivity contribution in [3.8, 4) is 17.1 Å². The molecular weight excluding hydrogens is 440 g/mol. The van der Waals surface area contributed by atoms with Crippen molar-refractivity contribution in [2.75, 3.05) is 10.0 Å². The smallest absolute Gasteiger partial charge is 0.261 e. The lowest BCUT2D eigenvalue weighted by atomic mass is 10.2. The average Bonchev–Trinajstić information content (AvgIpc) is 2.81. The SMILES string of the molecule is Cc1ccc(NS(=O)(=O)c2ccc(C(=O)Nc3cnc(-c4cccc(O)c4)nc3)cc2)cc1. The summed E-state index contributed by atoms with van der Waals surface area (Å²) in [6.07, 6.45) is 2.91. The number of nitrogens with zero attached hydrogens (tertiary/aromatic N) is 2. The number of amides is 1. The van der Waals surface area contributed by atoms with E-state index >= 15 is 0 Å². The number of carbonyl (C=O) groups is 1. The molecule has 0 unspecified atom stereocenters. The molecule has 0 atom stereocenters. The van der Waals surface area contributed by atoms with Crippen molar-refractivity contribution >= 4 is 27.3 Å². The molecule has 1 aromatic heterocycles. The first-order valence-electron chi connectivity index (χ1n) is 9.92. The molecule has 0 bridgehead atoms. The van der Waals surface area contributed by atoms with Crippen molar-refractivity contribution in [2.45, 2.75) is 11.8 Å². The number of sulfonamides is 1. The molecule has 33 heavy (non-hydrogen) atoms. The van der Waals surface area contributed by atoms with Crippen LogP contribution in [0.2, 0.25) is 0 Å². The highest BCUT2D eigenvalue weighted by Crippen LogP contribution is 2.21. The van der Waals surface area contributed by atoms with E-state index in [4.69, 9.17) is 0 Å². The predicted molar refractivity (Wildman–Crippen MR) is 126 cm³/mol. The third-order valence-corrected chi connectivity index (χ3v) is 6.14. The molecule has 4 rings (SSSR count). The maximum absolute atomic E-state index is 12.6. The van der Waals surface area contributed by atoms with Crippen molar-refractivity contribution in [2.24, 2.45) is 0 Å². The van der Waals surface area contributed by atoms with Gasteiger partial charge in [0.15, 0.2) is 5.82 Å². The van der Waals surface area contributed by atoms with Crippen LogP contribution < -0.4 is 10.0 Å². The van der Waals surface area contributed by atoms with Crippen molar-refractivity contribution in [1.29, 1.82) is 0 Å². The summed E-state index contributed by atoms with van der Waals surface area (Å²) in [6.45, 7) is 1.91. The highest BCUT2D eigenvalue weighted by molar-refractivity contribution is 7.92. The summed E-state index contributed by atoms with van der Waals surface area (Å²) in [5.41, 5.74) is 2.77. The van der Waals surface area contributed by atoms with Crippen molar-refractivity contribution in [3.63, 3.8) is 0 Å². The monoisotopic (exact) mass is 460 g/mol. The van der Waals surface area contributed by atoms with Gasteiger partial charge in [0.05, 0.1) is 23.0 Å². The zero-order valence-electron chi connectivity index (χ0n) is 17.6. The molecular formula is C24H20N4O4S. The van der Waals surface area contributed by atoms with Gasteiger partial charge in [-0.2, -0.15) is 0 Å². The quantitative estimate of drug-likeness (QED) is 0.396. The van der Waals surface area contributed by atoms with Crippen molar-refractivity contribution in [3.05, 3.63) is 96.3 Å². The number of phenolic OH excluding ortho intramolecular Hbond substituents is 1. The highest BCUT2D eigenvalue weighted by atomic mass is 32.2. The molecule has 4 aromatic rings. The Labute approximate surface area is 191 Å². The summed E-state index contributed by atoms with van der Waals surface area (Å²) < 4.78 is 27.7. The molecule has 1 amide bonds. The van der Waals surface area contributed by atoms with Crippen molar-refractivity contribution < 1.29 is 18.3 Å². The molecule has 0 saturated carbocycles. The highest BCUT2D eigenvalue weighted by Gasteiger charge is 2.15. The maximum Gasteiger partial charge on any atom is 0.261 e.